The molecule has 0 radical (unpaired) electrons. The van der Waals surface area contributed by atoms with E-state index in [0.717, 1.165) is 25.2 Å². The van der Waals surface area contributed by atoms with E-state index in [4.69, 9.17) is 0 Å². The fraction of sp³-hybridized carbons (Fsp3) is 0.348. The molecule has 0 aromatic heterocycles. The lowest BCUT2D eigenvalue weighted by Gasteiger charge is -2.37. The van der Waals surface area contributed by atoms with Gasteiger partial charge in [-0.3, -0.25) is 19.3 Å². The first-order valence-electron chi connectivity index (χ1n) is 10.1. The largest absolute Gasteiger partial charge is 0.338 e. The summed E-state index contributed by atoms with van der Waals surface area (Å²) in [5.74, 6) is -0.918. The highest BCUT2D eigenvalue weighted by molar-refractivity contribution is 6.22. The maximum absolute atomic E-state index is 13.5. The number of hydrogen-bond donors (Lipinski definition) is 0. The summed E-state index contributed by atoms with van der Waals surface area (Å²) in [5.41, 5.74) is 1.67. The number of piperazine rings is 1. The lowest BCUT2D eigenvalue weighted by Crippen LogP contribution is -2.56. The van der Waals surface area contributed by atoms with E-state index in [1.54, 1.807) is 29.2 Å². The quantitative estimate of drug-likeness (QED) is 0.732. The molecule has 2 aromatic rings. The van der Waals surface area contributed by atoms with Crippen molar-refractivity contribution in [2.45, 2.75) is 19.4 Å². The number of nitrogens with zero attached hydrogens (tertiary/aromatic N) is 3. The molecular weight excluding hydrogens is 366 g/mol. The maximum Gasteiger partial charge on any atom is 0.262 e. The Kier molecular flexibility index (Phi) is 5.45. The number of likely N-dealkylation sites (N-methyl/N-ethyl adjacent to an activating group) is 1. The average Bonchev–Trinajstić information content (AvgIpc) is 3.03. The molecule has 6 heteroatoms. The monoisotopic (exact) mass is 391 g/mol. The molecule has 1 atom stereocenters. The number of benzene rings is 2. The summed E-state index contributed by atoms with van der Waals surface area (Å²) < 4.78 is 0. The van der Waals surface area contributed by atoms with Crippen molar-refractivity contribution in [1.82, 2.24) is 14.7 Å². The predicted molar refractivity (Wildman–Crippen MR) is 110 cm³/mol. The van der Waals surface area contributed by atoms with Crippen LogP contribution in [-0.2, 0) is 11.2 Å². The molecule has 29 heavy (non-hydrogen) atoms. The van der Waals surface area contributed by atoms with E-state index < -0.39 is 6.04 Å². The van der Waals surface area contributed by atoms with Crippen LogP contribution in [0.3, 0.4) is 0 Å². The summed E-state index contributed by atoms with van der Waals surface area (Å²) in [7, 11) is 0. The second-order valence-electron chi connectivity index (χ2n) is 7.49. The highest BCUT2D eigenvalue weighted by Crippen LogP contribution is 2.27. The van der Waals surface area contributed by atoms with Crippen LogP contribution in [0.4, 0.5) is 0 Å². The van der Waals surface area contributed by atoms with Gasteiger partial charge in [0.2, 0.25) is 5.91 Å². The molecule has 0 unspecified atom stereocenters. The third kappa shape index (κ3) is 3.68. The van der Waals surface area contributed by atoms with Crippen LogP contribution in [0.15, 0.2) is 54.6 Å². The predicted octanol–water partition coefficient (Wildman–Crippen LogP) is 2.06. The molecule has 0 saturated carbocycles. The van der Waals surface area contributed by atoms with Gasteiger partial charge in [-0.05, 0) is 24.2 Å². The van der Waals surface area contributed by atoms with Crippen molar-refractivity contribution in [3.8, 4) is 0 Å². The highest BCUT2D eigenvalue weighted by Gasteiger charge is 2.44. The summed E-state index contributed by atoms with van der Waals surface area (Å²) in [6.07, 6.45) is 0.319. The fourth-order valence-electron chi connectivity index (χ4n) is 4.11. The highest BCUT2D eigenvalue weighted by atomic mass is 16.2. The zero-order valence-corrected chi connectivity index (χ0v) is 16.6. The van der Waals surface area contributed by atoms with E-state index in [-0.39, 0.29) is 17.7 Å². The van der Waals surface area contributed by atoms with Crippen molar-refractivity contribution in [2.24, 2.45) is 0 Å². The number of hydrogen-bond acceptors (Lipinski definition) is 4. The van der Waals surface area contributed by atoms with E-state index in [2.05, 4.69) is 11.8 Å². The van der Waals surface area contributed by atoms with Crippen molar-refractivity contribution in [3.05, 3.63) is 71.3 Å². The van der Waals surface area contributed by atoms with Gasteiger partial charge < -0.3 is 9.80 Å². The van der Waals surface area contributed by atoms with Crippen LogP contribution in [0.5, 0.6) is 0 Å². The van der Waals surface area contributed by atoms with Crippen LogP contribution < -0.4 is 0 Å². The van der Waals surface area contributed by atoms with E-state index >= 15 is 0 Å². The first-order valence-corrected chi connectivity index (χ1v) is 10.1. The van der Waals surface area contributed by atoms with Gasteiger partial charge in [0, 0.05) is 32.6 Å². The number of carbonyl (C=O) groups is 3. The van der Waals surface area contributed by atoms with Crippen LogP contribution in [0.25, 0.3) is 0 Å². The van der Waals surface area contributed by atoms with Gasteiger partial charge in [-0.25, -0.2) is 0 Å². The normalized spacial score (nSPS) is 18.1. The zero-order valence-electron chi connectivity index (χ0n) is 16.6. The van der Waals surface area contributed by atoms with Gasteiger partial charge in [-0.2, -0.15) is 0 Å². The number of carbonyl (C=O) groups excluding carboxylic acids is 3. The Balaban J connectivity index is 1.64. The topological polar surface area (TPSA) is 60.9 Å². The first-order chi connectivity index (χ1) is 14.1. The minimum Gasteiger partial charge on any atom is -0.338 e. The Bertz CT molecular complexity index is 885. The van der Waals surface area contributed by atoms with Gasteiger partial charge in [0.1, 0.15) is 6.04 Å². The average molecular weight is 391 g/mol. The Morgan fingerprint density at radius 2 is 1.41 bits per heavy atom. The summed E-state index contributed by atoms with van der Waals surface area (Å²) >= 11 is 0. The Morgan fingerprint density at radius 1 is 0.862 bits per heavy atom. The molecule has 4 rings (SSSR count). The van der Waals surface area contributed by atoms with Gasteiger partial charge in [0.05, 0.1) is 11.1 Å². The molecule has 2 aliphatic heterocycles. The lowest BCUT2D eigenvalue weighted by atomic mass is 10.0. The number of rotatable bonds is 5. The van der Waals surface area contributed by atoms with Crippen LogP contribution in [0, 0.1) is 0 Å². The number of imide groups is 1. The molecule has 2 heterocycles. The third-order valence-corrected chi connectivity index (χ3v) is 5.83. The molecule has 3 amide bonds. The second-order valence-corrected chi connectivity index (χ2v) is 7.49. The molecule has 6 nitrogen and oxygen atoms in total. The zero-order chi connectivity index (χ0) is 20.4. The number of fused-ring (bicyclic) bond motifs is 1. The molecule has 0 N–H and O–H groups in total. The Hall–Kier alpha value is -2.99. The standard InChI is InChI=1S/C23H25N3O3/c1-2-24-12-14-25(15-13-24)23(29)20(16-17-8-4-3-5-9-17)26-21(27)18-10-6-7-11-19(18)22(26)28/h3-11,20H,2,12-16H2,1H3/t20-/m0/s1. The van der Waals surface area contributed by atoms with Crippen molar-refractivity contribution in [2.75, 3.05) is 32.7 Å². The molecule has 2 aliphatic rings. The molecule has 2 aromatic carbocycles. The van der Waals surface area contributed by atoms with E-state index in [0.29, 0.717) is 30.6 Å². The van der Waals surface area contributed by atoms with Crippen LogP contribution in [-0.4, -0.2) is 71.2 Å². The maximum atomic E-state index is 13.5. The molecule has 1 fully saturated rings. The van der Waals surface area contributed by atoms with E-state index in [1.807, 2.05) is 30.3 Å². The van der Waals surface area contributed by atoms with Crippen LogP contribution >= 0.6 is 0 Å². The van der Waals surface area contributed by atoms with E-state index in [9.17, 15) is 14.4 Å². The van der Waals surface area contributed by atoms with Crippen LogP contribution in [0.2, 0.25) is 0 Å². The summed E-state index contributed by atoms with van der Waals surface area (Å²) in [5, 5.41) is 0. The van der Waals surface area contributed by atoms with Gasteiger partial charge in [-0.1, -0.05) is 49.4 Å². The smallest absolute Gasteiger partial charge is 0.262 e. The van der Waals surface area contributed by atoms with Crippen molar-refractivity contribution in [3.63, 3.8) is 0 Å². The van der Waals surface area contributed by atoms with Crippen molar-refractivity contribution >= 4 is 17.7 Å². The molecule has 0 aliphatic carbocycles. The van der Waals surface area contributed by atoms with Crippen molar-refractivity contribution < 1.29 is 14.4 Å². The lowest BCUT2D eigenvalue weighted by molar-refractivity contribution is -0.137. The summed E-state index contributed by atoms with van der Waals surface area (Å²) in [4.78, 5) is 44.8. The van der Waals surface area contributed by atoms with Crippen LogP contribution in [0.1, 0.15) is 33.2 Å². The second kappa shape index (κ2) is 8.17. The molecular formula is C23H25N3O3. The minimum absolute atomic E-state index is 0.154. The van der Waals surface area contributed by atoms with Gasteiger partial charge >= 0.3 is 0 Å². The third-order valence-electron chi connectivity index (χ3n) is 5.83. The Morgan fingerprint density at radius 3 is 1.97 bits per heavy atom. The molecule has 1 saturated heterocycles. The summed E-state index contributed by atoms with van der Waals surface area (Å²) in [6, 6.07) is 15.5. The number of amides is 3. The minimum atomic E-state index is -0.835. The summed E-state index contributed by atoms with van der Waals surface area (Å²) in [6.45, 7) is 5.90. The van der Waals surface area contributed by atoms with Gasteiger partial charge in [-0.15, -0.1) is 0 Å². The van der Waals surface area contributed by atoms with E-state index in [1.165, 1.54) is 4.90 Å². The Labute approximate surface area is 170 Å². The van der Waals surface area contributed by atoms with Crippen molar-refractivity contribution in [1.29, 1.82) is 0 Å². The molecule has 0 bridgehead atoms. The molecule has 0 spiro atoms. The van der Waals surface area contributed by atoms with Gasteiger partial charge in [0.15, 0.2) is 0 Å². The van der Waals surface area contributed by atoms with Gasteiger partial charge in [0.25, 0.3) is 11.8 Å². The SMILES string of the molecule is CCN1CCN(C(=O)[C@H](Cc2ccccc2)N2C(=O)c3ccccc3C2=O)CC1. The fourth-order valence-corrected chi connectivity index (χ4v) is 4.11. The molecule has 150 valence electrons. The first kappa shape index (κ1) is 19.3.